The van der Waals surface area contributed by atoms with E-state index in [1.807, 2.05) is 197 Å². The number of hydrogen-bond acceptors (Lipinski definition) is 19. The summed E-state index contributed by atoms with van der Waals surface area (Å²) >= 11 is 0. The number of ketones is 1. The monoisotopic (exact) mass is 1970 g/mol. The maximum atomic E-state index is 13.9. The van der Waals surface area contributed by atoms with Crippen molar-refractivity contribution in [2.45, 2.75) is 221 Å². The predicted octanol–water partition coefficient (Wildman–Crippen LogP) is 17.7. The highest BCUT2D eigenvalue weighted by Crippen LogP contribution is 2.37. The van der Waals surface area contributed by atoms with Crippen LogP contribution in [0.15, 0.2) is 258 Å². The number of Topliss-reactive ketones (excluding diaryl/α,β-unsaturated/α-hetero) is 1. The van der Waals surface area contributed by atoms with Crippen LogP contribution in [0.2, 0.25) is 0 Å². The number of rotatable bonds is 38. The number of nitrogens with one attached hydrogen (secondary N) is 4. The Balaban J connectivity index is 0.000000184. The number of piperidine rings is 2. The fourth-order valence-corrected chi connectivity index (χ4v) is 18.8. The van der Waals surface area contributed by atoms with Crippen LogP contribution in [0, 0.1) is 59.3 Å². The number of amides is 5. The minimum absolute atomic E-state index is 0.0365. The molecule has 762 valence electrons. The molecule has 0 aliphatic carbocycles. The Bertz CT molecular complexity index is 6670. The molecule has 145 heavy (non-hydrogen) atoms. The van der Waals surface area contributed by atoms with Crippen molar-refractivity contribution in [2.75, 3.05) is 45.4 Å². The third kappa shape index (κ3) is 30.8. The number of aromatic nitrogens is 7. The zero-order valence-corrected chi connectivity index (χ0v) is 85.3. The van der Waals surface area contributed by atoms with Crippen LogP contribution in [-0.4, -0.2) is 160 Å². The highest BCUT2D eigenvalue weighted by Gasteiger charge is 2.39. The van der Waals surface area contributed by atoms with Gasteiger partial charge in [-0.3, -0.25) is 77.1 Å². The van der Waals surface area contributed by atoms with Gasteiger partial charge in [-0.05, 0) is 249 Å². The van der Waals surface area contributed by atoms with Gasteiger partial charge in [0.25, 0.3) is 16.7 Å². The molecule has 9 atom stereocenters. The topological polar surface area (TPSA) is 405 Å². The fraction of sp³-hybridized carbons (Fsp3) is 0.374. The summed E-state index contributed by atoms with van der Waals surface area (Å²) in [6.07, 6.45) is 17.0. The molecule has 2 unspecified atom stereocenters. The molecule has 0 radical (unpaired) electrons. The van der Waals surface area contributed by atoms with Gasteiger partial charge < -0.3 is 65.0 Å². The summed E-state index contributed by atoms with van der Waals surface area (Å²) in [7, 11) is 3.16. The first-order valence-corrected chi connectivity index (χ1v) is 49.3. The molecule has 30 nitrogen and oxygen atoms in total. The number of carbonyl (C=O) groups is 9. The molecule has 8 heterocycles. The fourth-order valence-electron chi connectivity index (χ4n) is 18.8. The number of benzene rings is 6. The Morgan fingerprint density at radius 1 is 0.441 bits per heavy atom. The Kier molecular flexibility index (Phi) is 40.2. The van der Waals surface area contributed by atoms with Gasteiger partial charge in [0.05, 0.1) is 73.4 Å². The zero-order valence-electron chi connectivity index (χ0n) is 85.3. The molecule has 0 bridgehead atoms. The first-order chi connectivity index (χ1) is 69.4. The van der Waals surface area contributed by atoms with Gasteiger partial charge in [0.2, 0.25) is 29.5 Å². The number of hydrogen-bond donors (Lipinski definition) is 7. The minimum Gasteiger partial charge on any atom is -0.481 e. The van der Waals surface area contributed by atoms with Crippen molar-refractivity contribution in [1.82, 2.24) is 59.8 Å². The lowest BCUT2D eigenvalue weighted by Gasteiger charge is -2.38. The lowest BCUT2D eigenvalue weighted by atomic mass is 9.90. The van der Waals surface area contributed by atoms with Gasteiger partial charge in [-0.15, -0.1) is 0 Å². The van der Waals surface area contributed by atoms with E-state index in [4.69, 9.17) is 9.47 Å². The molecule has 2 fully saturated rings. The number of nitrogens with zero attached hydrogens (tertiary/aromatic N) is 9. The molecule has 6 aromatic heterocycles. The van der Waals surface area contributed by atoms with E-state index in [0.29, 0.717) is 60.7 Å². The second-order valence-electron chi connectivity index (χ2n) is 38.8. The van der Waals surface area contributed by atoms with Gasteiger partial charge in [0.15, 0.2) is 0 Å². The van der Waals surface area contributed by atoms with Gasteiger partial charge in [-0.1, -0.05) is 157 Å². The number of aryl methyl sites for hydroxylation is 6. The Labute approximate surface area is 846 Å². The molecule has 2 aliphatic rings. The number of anilines is 1. The Morgan fingerprint density at radius 3 is 1.43 bits per heavy atom. The van der Waals surface area contributed by atoms with Crippen molar-refractivity contribution < 1.29 is 67.9 Å². The molecule has 2 saturated heterocycles. The summed E-state index contributed by atoms with van der Waals surface area (Å²) in [4.78, 5) is 174. The third-order valence-corrected chi connectivity index (χ3v) is 26.1. The lowest BCUT2D eigenvalue weighted by Crippen LogP contribution is -2.53. The number of pyridine rings is 5. The van der Waals surface area contributed by atoms with Crippen molar-refractivity contribution >= 4 is 69.8 Å². The van der Waals surface area contributed by atoms with Crippen molar-refractivity contribution in [3.05, 3.63) is 336 Å². The molecule has 2 aliphatic heterocycles. The van der Waals surface area contributed by atoms with Crippen LogP contribution in [0.4, 0.5) is 5.69 Å². The molecule has 0 spiro atoms. The normalized spacial score (nSPS) is 14.8. The van der Waals surface area contributed by atoms with E-state index >= 15 is 0 Å². The highest BCUT2D eigenvalue weighted by atomic mass is 16.5. The number of para-hydroxylation sites is 1. The second-order valence-corrected chi connectivity index (χ2v) is 38.8. The first kappa shape index (κ1) is 110. The van der Waals surface area contributed by atoms with E-state index in [1.165, 1.54) is 46.2 Å². The van der Waals surface area contributed by atoms with Crippen LogP contribution >= 0.6 is 0 Å². The molecule has 7 N–H and O–H groups in total. The molecule has 0 saturated carbocycles. The molecule has 6 aromatic carbocycles. The van der Waals surface area contributed by atoms with Gasteiger partial charge in [-0.25, -0.2) is 4.98 Å². The van der Waals surface area contributed by atoms with Gasteiger partial charge in [-0.2, -0.15) is 0 Å². The average molecular weight is 1970 g/mol. The lowest BCUT2D eigenvalue weighted by molar-refractivity contribution is -0.144. The summed E-state index contributed by atoms with van der Waals surface area (Å²) in [5.41, 5.74) is 16.5. The Hall–Kier alpha value is -15.0. The molecule has 30 heteroatoms. The molecule has 12 aromatic rings. The summed E-state index contributed by atoms with van der Waals surface area (Å²) in [6.45, 7) is 27.6. The molecule has 14 rings (SSSR count). The van der Waals surface area contributed by atoms with E-state index in [-0.39, 0.29) is 108 Å². The smallest absolute Gasteiger partial charge is 0.305 e. The van der Waals surface area contributed by atoms with E-state index < -0.39 is 72.1 Å². The predicted molar refractivity (Wildman–Crippen MR) is 560 cm³/mol. The average Bonchev–Trinajstić information content (AvgIpc) is 0.780. The largest absolute Gasteiger partial charge is 0.481 e. The molecular formula is C115H135N13O17. The minimum atomic E-state index is -1.06. The third-order valence-electron chi connectivity index (χ3n) is 26.1. The number of fused-ring (bicyclic) bond motifs is 1. The highest BCUT2D eigenvalue weighted by molar-refractivity contribution is 5.90. The van der Waals surface area contributed by atoms with Crippen LogP contribution < -0.4 is 42.8 Å². The van der Waals surface area contributed by atoms with Crippen molar-refractivity contribution in [1.29, 1.82) is 0 Å². The number of aliphatic carboxylic acids is 3. The van der Waals surface area contributed by atoms with Gasteiger partial charge in [0, 0.05) is 131 Å². The van der Waals surface area contributed by atoms with E-state index in [1.54, 1.807) is 97.9 Å². The zero-order chi connectivity index (χ0) is 105. The maximum absolute atomic E-state index is 13.9. The van der Waals surface area contributed by atoms with E-state index in [9.17, 15) is 72.9 Å². The van der Waals surface area contributed by atoms with Crippen LogP contribution in [0.3, 0.4) is 0 Å². The number of methoxy groups -OCH3 is 2. The molecular weight excluding hydrogens is 1840 g/mol. The van der Waals surface area contributed by atoms with Crippen molar-refractivity contribution in [3.8, 4) is 33.4 Å². The van der Waals surface area contributed by atoms with Crippen LogP contribution in [0.1, 0.15) is 229 Å². The van der Waals surface area contributed by atoms with Crippen LogP contribution in [0.25, 0.3) is 44.3 Å². The Morgan fingerprint density at radius 2 is 0.917 bits per heavy atom. The number of carboxylic acid groups (broad SMARTS) is 3. The summed E-state index contributed by atoms with van der Waals surface area (Å²) in [5.74, 6) is -4.21. The number of carboxylic acids is 3. The summed E-state index contributed by atoms with van der Waals surface area (Å²) in [6, 6.07) is 53.8. The van der Waals surface area contributed by atoms with E-state index in [2.05, 4.69) is 72.1 Å². The quantitative estimate of drug-likeness (QED) is 0.0189. The van der Waals surface area contributed by atoms with Crippen LogP contribution in [-0.2, 0) is 52.6 Å². The first-order valence-electron chi connectivity index (χ1n) is 49.3. The number of ether oxygens (including phenoxy) is 2. The van der Waals surface area contributed by atoms with E-state index in [0.717, 1.165) is 115 Å². The maximum Gasteiger partial charge on any atom is 0.305 e. The molecule has 5 amide bonds. The summed E-state index contributed by atoms with van der Waals surface area (Å²) in [5, 5.41) is 41.0. The number of carbonyl (C=O) groups excluding carboxylic acids is 6. The van der Waals surface area contributed by atoms with Gasteiger partial charge >= 0.3 is 17.9 Å². The van der Waals surface area contributed by atoms with Crippen LogP contribution in [0.5, 0.6) is 0 Å². The van der Waals surface area contributed by atoms with Crippen molar-refractivity contribution in [3.63, 3.8) is 0 Å². The van der Waals surface area contributed by atoms with Gasteiger partial charge in [0.1, 0.15) is 30.0 Å². The standard InChI is InChI=1S/C32H38N4O4.C29H35N3O3.C28H27N3O5.C26H35N3O5/c1-20(2)14-28(36-19-23(11-12-29(36)37)26-10-5-6-13-34-26)32(40)35-27(16-30(38)39)24-15-25(18-33-17-24)31-21(3)8-7-9-22(31)4;1-18(2)12-26(32-11-10-19(3)13-27(32)34)29(35)31-25(14-22(6)33)23-15-24(17-30-16-23)28-20(4)8-7-9-21(28)5;1-18-8-3-4-11-21(18)19-9-7-10-20(14-19)24(15-26(32)33)30-27(34)25(16-36-2)31-17-29-23-13-6-5-12-22(23)28(31)35;1-18(2)15-23(29-12-5-4-9-24(29)30)26(33)27-22(17-25(31)32)19-7-6-8-20(16-19)28-13-10-21(34-3)11-14-28/h5-10,13,15,17-18,20,23,27-28H,11-12,14,16,19H2,1-4H3,(H,35,40)(H,38,39);7-11,13,15-18,25-26H,12,14H2,1-6H3,(H,31,35);3-14,17,24-25H,15-16H2,1-2H3,(H,30,34)(H,32,33);4-9,12,16,18,21-23H,10-11,13-15,17H2,1-3H3,(H,27,33)(H,31,32)/t23?,27-,28-;25-,26?;24-,25-;22-,23-/m0100/s1. The number of likely N-dealkylation sites (tertiary alicyclic amines) is 1. The SMILES string of the molecule is CC(=O)C[C@@H](NC(=O)C(CC(C)C)n1ccc(C)cc1=O)c1cncc(-c2c(C)cccc2C)c1.COC1CCN(c2cccc([C@H](CC(=O)O)NC(=O)[C@H](CC(C)C)n3ccccc3=O)c2)CC1.COC[C@@H](C(=O)N[C@@H](CC(=O)O)c1cccc(-c2ccccc2C)c1)n1cnc2ccccc2c1=O.Cc1cccc(C)c1-c1cncc([C@H](CC(=O)O)NC(=O)[C@H](CC(C)C)N2CC(c3ccccn3)CCC2=O)c1. The summed E-state index contributed by atoms with van der Waals surface area (Å²) < 4.78 is 14.8. The van der Waals surface area contributed by atoms with Crippen molar-refractivity contribution in [2.24, 2.45) is 17.8 Å². The second kappa shape index (κ2) is 52.8.